The van der Waals surface area contributed by atoms with Crippen molar-refractivity contribution in [2.24, 2.45) is 0 Å². The average molecular weight is 402 g/mol. The van der Waals surface area contributed by atoms with Gasteiger partial charge in [0.25, 0.3) is 5.91 Å². The van der Waals surface area contributed by atoms with E-state index in [2.05, 4.69) is 16.3 Å². The number of halogens is 1. The molecule has 2 aromatic heterocycles. The molecular weight excluding hydrogens is 378 g/mol. The molecule has 0 atom stereocenters. The molecule has 28 heavy (non-hydrogen) atoms. The zero-order chi connectivity index (χ0) is 20.3. The summed E-state index contributed by atoms with van der Waals surface area (Å²) < 4.78 is 9.19. The van der Waals surface area contributed by atoms with Gasteiger partial charge >= 0.3 is 0 Å². The molecule has 0 aliphatic carbocycles. The van der Waals surface area contributed by atoms with Crippen LogP contribution in [0.3, 0.4) is 0 Å². The molecule has 0 aliphatic rings. The van der Waals surface area contributed by atoms with Gasteiger partial charge in [-0.25, -0.2) is 4.68 Å². The topological polar surface area (TPSA) is 65.2 Å². The molecule has 8 heteroatoms. The predicted octanol–water partition coefficient (Wildman–Crippen LogP) is 3.68. The first-order valence-corrected chi connectivity index (χ1v) is 9.46. The number of hydrogen-bond acceptors (Lipinski definition) is 4. The van der Waals surface area contributed by atoms with E-state index in [4.69, 9.17) is 16.3 Å². The first kappa shape index (κ1) is 19.9. The van der Waals surface area contributed by atoms with E-state index in [1.165, 1.54) is 5.56 Å². The molecule has 148 valence electrons. The molecule has 2 heterocycles. The van der Waals surface area contributed by atoms with Crippen molar-refractivity contribution in [1.82, 2.24) is 24.5 Å². The number of rotatable bonds is 7. The largest absolute Gasteiger partial charge is 0.471 e. The molecule has 0 aliphatic heterocycles. The van der Waals surface area contributed by atoms with Crippen molar-refractivity contribution < 1.29 is 9.53 Å². The van der Waals surface area contributed by atoms with Crippen molar-refractivity contribution in [2.45, 2.75) is 40.6 Å². The summed E-state index contributed by atoms with van der Waals surface area (Å²) in [4.78, 5) is 14.3. The summed E-state index contributed by atoms with van der Waals surface area (Å²) in [5, 5.41) is 9.08. The van der Waals surface area contributed by atoms with Crippen LogP contribution in [0, 0.1) is 13.8 Å². The Balaban J connectivity index is 1.64. The number of amides is 1. The van der Waals surface area contributed by atoms with Crippen LogP contribution < -0.4 is 4.74 Å². The summed E-state index contributed by atoms with van der Waals surface area (Å²) in [7, 11) is 1.72. The van der Waals surface area contributed by atoms with E-state index in [1.54, 1.807) is 39.8 Å². The van der Waals surface area contributed by atoms with Gasteiger partial charge in [0.15, 0.2) is 12.4 Å². The number of carbonyl (C=O) groups excluding carboxylic acids is 1. The molecule has 0 saturated carbocycles. The van der Waals surface area contributed by atoms with Crippen LogP contribution in [-0.2, 0) is 19.8 Å². The highest BCUT2D eigenvalue weighted by Crippen LogP contribution is 2.19. The molecule has 3 rings (SSSR count). The first-order valence-electron chi connectivity index (χ1n) is 9.08. The van der Waals surface area contributed by atoms with Gasteiger partial charge in [-0.3, -0.25) is 9.48 Å². The number of benzene rings is 1. The van der Waals surface area contributed by atoms with Crippen molar-refractivity contribution >= 4 is 17.5 Å². The molecular formula is C20H24ClN5O2. The minimum absolute atomic E-state index is 0.190. The summed E-state index contributed by atoms with van der Waals surface area (Å²) >= 11 is 6.19. The monoisotopic (exact) mass is 401 g/mol. The Morgan fingerprint density at radius 3 is 2.79 bits per heavy atom. The molecule has 7 nitrogen and oxygen atoms in total. The molecule has 0 N–H and O–H groups in total. The van der Waals surface area contributed by atoms with Crippen molar-refractivity contribution in [1.29, 1.82) is 0 Å². The number of ether oxygens (including phenoxy) is 1. The lowest BCUT2D eigenvalue weighted by Gasteiger charge is -2.17. The second kappa shape index (κ2) is 8.48. The van der Waals surface area contributed by atoms with Gasteiger partial charge in [-0.15, -0.1) is 0 Å². The maximum absolute atomic E-state index is 12.7. The highest BCUT2D eigenvalue weighted by atomic mass is 35.5. The van der Waals surface area contributed by atoms with Crippen LogP contribution in [-0.4, -0.2) is 37.4 Å². The standard InChI is InChI=1S/C20H24ClN5O2/c1-5-26-18(16(21)11-22-26)12-24(4)20(27)17-8-9-25(23-17)13-28-19-7-6-14(2)10-15(19)3/h6-11H,5,12-13H2,1-4H3. The molecule has 3 aromatic rings. The van der Waals surface area contributed by atoms with Crippen LogP contribution in [0.1, 0.15) is 34.2 Å². The highest BCUT2D eigenvalue weighted by Gasteiger charge is 2.18. The van der Waals surface area contributed by atoms with Gasteiger partial charge in [0.2, 0.25) is 0 Å². The molecule has 0 saturated heterocycles. The van der Waals surface area contributed by atoms with Crippen LogP contribution in [0.25, 0.3) is 0 Å². The van der Waals surface area contributed by atoms with E-state index in [1.807, 2.05) is 32.9 Å². The minimum Gasteiger partial charge on any atom is -0.471 e. The van der Waals surface area contributed by atoms with Crippen molar-refractivity contribution in [3.8, 4) is 5.75 Å². The third-order valence-corrected chi connectivity index (χ3v) is 4.79. The molecule has 1 amide bonds. The predicted molar refractivity (Wildman–Crippen MR) is 107 cm³/mol. The van der Waals surface area contributed by atoms with E-state index in [0.717, 1.165) is 17.0 Å². The van der Waals surface area contributed by atoms with E-state index in [9.17, 15) is 4.79 Å². The Bertz CT molecular complexity index is 979. The molecule has 0 bridgehead atoms. The zero-order valence-electron chi connectivity index (χ0n) is 16.5. The fourth-order valence-corrected chi connectivity index (χ4v) is 3.16. The molecule has 0 radical (unpaired) electrons. The maximum Gasteiger partial charge on any atom is 0.274 e. The lowest BCUT2D eigenvalue weighted by atomic mass is 10.1. The van der Waals surface area contributed by atoms with Crippen molar-refractivity contribution in [2.75, 3.05) is 7.05 Å². The Morgan fingerprint density at radius 2 is 2.07 bits per heavy atom. The van der Waals surface area contributed by atoms with Crippen LogP contribution in [0.5, 0.6) is 5.75 Å². The number of aromatic nitrogens is 4. The number of aryl methyl sites for hydroxylation is 3. The summed E-state index contributed by atoms with van der Waals surface area (Å²) in [5.74, 6) is 0.610. The summed E-state index contributed by atoms with van der Waals surface area (Å²) in [6.45, 7) is 7.30. The number of carbonyl (C=O) groups is 1. The van der Waals surface area contributed by atoms with Gasteiger partial charge in [0.05, 0.1) is 23.5 Å². The fraction of sp³-hybridized carbons (Fsp3) is 0.350. The lowest BCUT2D eigenvalue weighted by molar-refractivity contribution is 0.0773. The van der Waals surface area contributed by atoms with Gasteiger partial charge < -0.3 is 9.64 Å². The zero-order valence-corrected chi connectivity index (χ0v) is 17.3. The maximum atomic E-state index is 12.7. The molecule has 0 unspecified atom stereocenters. The molecule has 1 aromatic carbocycles. The van der Waals surface area contributed by atoms with Crippen molar-refractivity contribution in [3.05, 3.63) is 64.2 Å². The molecule has 0 fully saturated rings. The van der Waals surface area contributed by atoms with Gasteiger partial charge in [0, 0.05) is 19.8 Å². The second-order valence-electron chi connectivity index (χ2n) is 6.70. The lowest BCUT2D eigenvalue weighted by Crippen LogP contribution is -2.28. The van der Waals surface area contributed by atoms with E-state index < -0.39 is 0 Å². The third-order valence-electron chi connectivity index (χ3n) is 4.47. The number of hydrogen-bond donors (Lipinski definition) is 0. The van der Waals surface area contributed by atoms with Gasteiger partial charge in [0.1, 0.15) is 5.75 Å². The van der Waals surface area contributed by atoms with Gasteiger partial charge in [-0.2, -0.15) is 10.2 Å². The Labute approximate surface area is 169 Å². The second-order valence-corrected chi connectivity index (χ2v) is 7.11. The Morgan fingerprint density at radius 1 is 1.29 bits per heavy atom. The minimum atomic E-state index is -0.190. The van der Waals surface area contributed by atoms with E-state index >= 15 is 0 Å². The summed E-state index contributed by atoms with van der Waals surface area (Å²) in [5.41, 5.74) is 3.40. The molecule has 0 spiro atoms. The highest BCUT2D eigenvalue weighted by molar-refractivity contribution is 6.31. The fourth-order valence-electron chi connectivity index (χ4n) is 2.95. The van der Waals surface area contributed by atoms with Gasteiger partial charge in [-0.05, 0) is 38.5 Å². The third kappa shape index (κ3) is 4.36. The average Bonchev–Trinajstić information content (AvgIpc) is 3.27. The normalized spacial score (nSPS) is 10.9. The summed E-state index contributed by atoms with van der Waals surface area (Å²) in [6, 6.07) is 7.69. The first-order chi connectivity index (χ1) is 13.4. The quantitative estimate of drug-likeness (QED) is 0.605. The van der Waals surface area contributed by atoms with Crippen molar-refractivity contribution in [3.63, 3.8) is 0 Å². The van der Waals surface area contributed by atoms with Gasteiger partial charge in [-0.1, -0.05) is 29.3 Å². The SMILES string of the molecule is CCn1ncc(Cl)c1CN(C)C(=O)c1ccn(COc2ccc(C)cc2C)n1. The van der Waals surface area contributed by atoms with Crippen LogP contribution in [0.15, 0.2) is 36.7 Å². The van der Waals surface area contributed by atoms with Crippen LogP contribution in [0.2, 0.25) is 5.02 Å². The van der Waals surface area contributed by atoms with Crippen LogP contribution >= 0.6 is 11.6 Å². The number of nitrogens with zero attached hydrogens (tertiary/aromatic N) is 5. The summed E-state index contributed by atoms with van der Waals surface area (Å²) in [6.07, 6.45) is 3.33. The van der Waals surface area contributed by atoms with Crippen LogP contribution in [0.4, 0.5) is 0 Å². The Hall–Kier alpha value is -2.80. The van der Waals surface area contributed by atoms with E-state index in [0.29, 0.717) is 23.8 Å². The van der Waals surface area contributed by atoms with E-state index in [-0.39, 0.29) is 12.6 Å². The Kier molecular flexibility index (Phi) is 6.04. The smallest absolute Gasteiger partial charge is 0.274 e.